The number of aryl methyl sites for hydroxylation is 1. The Balaban J connectivity index is 3.50. The monoisotopic (exact) mass is 271 g/mol. The first-order valence-electron chi connectivity index (χ1n) is 5.76. The zero-order valence-electron chi connectivity index (χ0n) is 11.0. The number of aliphatic hydroxyl groups is 1. The van der Waals surface area contributed by atoms with Crippen LogP contribution in [0.3, 0.4) is 0 Å². The van der Waals surface area contributed by atoms with Gasteiger partial charge in [0.05, 0.1) is 0 Å². The van der Waals surface area contributed by atoms with Crippen LogP contribution in [0.2, 0.25) is 0 Å². The van der Waals surface area contributed by atoms with E-state index in [1.807, 2.05) is 5.92 Å². The third-order valence-corrected chi connectivity index (χ3v) is 2.55. The number of halogens is 3. The topological polar surface area (TPSA) is 46.2 Å². The second-order valence-corrected chi connectivity index (χ2v) is 4.72. The van der Waals surface area contributed by atoms with Gasteiger partial charge in [-0.05, 0) is 19.1 Å². The Morgan fingerprint density at radius 3 is 2.32 bits per heavy atom. The van der Waals surface area contributed by atoms with Crippen LogP contribution in [0.5, 0.6) is 0 Å². The van der Waals surface area contributed by atoms with Gasteiger partial charge in [-0.15, -0.1) is 0 Å². The third-order valence-electron chi connectivity index (χ3n) is 2.55. The van der Waals surface area contributed by atoms with Gasteiger partial charge in [-0.25, -0.2) is 0 Å². The van der Waals surface area contributed by atoms with Gasteiger partial charge in [-0.2, -0.15) is 13.2 Å². The summed E-state index contributed by atoms with van der Waals surface area (Å²) in [5.41, 5.74) is 2.32. The Kier molecular flexibility index (Phi) is 4.16. The summed E-state index contributed by atoms with van der Waals surface area (Å²) in [7, 11) is 0. The SMILES string of the molecule is Cc1ccc(N)c(C(O)(C#CC(C)C)C(F)(F)F)c1. The van der Waals surface area contributed by atoms with E-state index in [4.69, 9.17) is 5.73 Å². The average molecular weight is 271 g/mol. The molecule has 0 heterocycles. The number of rotatable bonds is 1. The molecule has 5 heteroatoms. The average Bonchev–Trinajstić information content (AvgIpc) is 2.27. The molecule has 1 unspecified atom stereocenters. The van der Waals surface area contributed by atoms with Crippen molar-refractivity contribution in [2.45, 2.75) is 32.5 Å². The molecule has 0 amide bonds. The molecule has 0 saturated carbocycles. The number of nitrogen functional groups attached to an aromatic ring is 1. The molecule has 0 radical (unpaired) electrons. The van der Waals surface area contributed by atoms with Crippen LogP contribution in [-0.4, -0.2) is 11.3 Å². The minimum atomic E-state index is -4.92. The minimum absolute atomic E-state index is 0.136. The number of alkyl halides is 3. The standard InChI is InChI=1S/C14H16F3NO/c1-9(2)6-7-13(19,14(15,16)17)11-8-10(3)4-5-12(11)18/h4-5,8-9,19H,18H2,1-3H3. The lowest BCUT2D eigenvalue weighted by Crippen LogP contribution is -2.41. The number of hydrogen-bond donors (Lipinski definition) is 2. The number of nitrogens with two attached hydrogens (primary N) is 1. The molecule has 0 aromatic heterocycles. The van der Waals surface area contributed by atoms with Crippen molar-refractivity contribution in [1.29, 1.82) is 0 Å². The molecule has 0 spiro atoms. The van der Waals surface area contributed by atoms with Gasteiger partial charge < -0.3 is 10.8 Å². The van der Waals surface area contributed by atoms with Crippen molar-refractivity contribution in [2.24, 2.45) is 5.92 Å². The second-order valence-electron chi connectivity index (χ2n) is 4.72. The highest BCUT2D eigenvalue weighted by molar-refractivity contribution is 5.55. The molecule has 0 saturated heterocycles. The molecule has 2 nitrogen and oxygen atoms in total. The van der Waals surface area contributed by atoms with Crippen LogP contribution in [0.25, 0.3) is 0 Å². The van der Waals surface area contributed by atoms with Crippen molar-refractivity contribution in [3.8, 4) is 11.8 Å². The van der Waals surface area contributed by atoms with Crippen LogP contribution in [-0.2, 0) is 5.60 Å². The number of hydrogen-bond acceptors (Lipinski definition) is 2. The maximum atomic E-state index is 13.1. The van der Waals surface area contributed by atoms with E-state index in [1.54, 1.807) is 26.8 Å². The van der Waals surface area contributed by atoms with E-state index in [-0.39, 0.29) is 11.6 Å². The summed E-state index contributed by atoms with van der Waals surface area (Å²) in [4.78, 5) is 0. The van der Waals surface area contributed by atoms with Crippen molar-refractivity contribution in [3.05, 3.63) is 29.3 Å². The Labute approximate surface area is 110 Å². The van der Waals surface area contributed by atoms with Gasteiger partial charge in [0.15, 0.2) is 0 Å². The fourth-order valence-electron chi connectivity index (χ4n) is 1.52. The van der Waals surface area contributed by atoms with E-state index in [9.17, 15) is 18.3 Å². The van der Waals surface area contributed by atoms with Gasteiger partial charge in [0, 0.05) is 17.2 Å². The fourth-order valence-corrected chi connectivity index (χ4v) is 1.52. The van der Waals surface area contributed by atoms with E-state index in [0.29, 0.717) is 5.56 Å². The minimum Gasteiger partial charge on any atom is -0.398 e. The van der Waals surface area contributed by atoms with E-state index in [1.165, 1.54) is 12.1 Å². The van der Waals surface area contributed by atoms with Crippen LogP contribution in [0.15, 0.2) is 18.2 Å². The highest BCUT2D eigenvalue weighted by Gasteiger charge is 2.55. The predicted molar refractivity (Wildman–Crippen MR) is 68.2 cm³/mol. The van der Waals surface area contributed by atoms with E-state index in [0.717, 1.165) is 0 Å². The summed E-state index contributed by atoms with van der Waals surface area (Å²) >= 11 is 0. The summed E-state index contributed by atoms with van der Waals surface area (Å²) in [6.45, 7) is 4.91. The summed E-state index contributed by atoms with van der Waals surface area (Å²) in [5.74, 6) is 3.99. The molecule has 1 aromatic carbocycles. The zero-order chi connectivity index (χ0) is 14.8. The molecule has 0 aliphatic rings. The molecule has 1 atom stereocenters. The molecule has 0 aliphatic carbocycles. The van der Waals surface area contributed by atoms with Gasteiger partial charge in [0.1, 0.15) is 0 Å². The van der Waals surface area contributed by atoms with Crippen molar-refractivity contribution >= 4 is 5.69 Å². The first-order valence-corrected chi connectivity index (χ1v) is 5.76. The first-order chi connectivity index (χ1) is 8.58. The van der Waals surface area contributed by atoms with Crippen molar-refractivity contribution < 1.29 is 18.3 Å². The molecule has 1 rings (SSSR count). The van der Waals surface area contributed by atoms with E-state index >= 15 is 0 Å². The lowest BCUT2D eigenvalue weighted by Gasteiger charge is -2.27. The van der Waals surface area contributed by atoms with Gasteiger partial charge >= 0.3 is 6.18 Å². The van der Waals surface area contributed by atoms with Crippen LogP contribution in [0.1, 0.15) is 25.0 Å². The number of anilines is 1. The lowest BCUT2D eigenvalue weighted by molar-refractivity contribution is -0.240. The number of benzene rings is 1. The smallest absolute Gasteiger partial charge is 0.398 e. The summed E-state index contributed by atoms with van der Waals surface area (Å²) in [6.07, 6.45) is -4.92. The van der Waals surface area contributed by atoms with Crippen molar-refractivity contribution in [3.63, 3.8) is 0 Å². The van der Waals surface area contributed by atoms with Gasteiger partial charge in [-0.1, -0.05) is 37.3 Å². The van der Waals surface area contributed by atoms with Gasteiger partial charge in [0.2, 0.25) is 5.60 Å². The van der Waals surface area contributed by atoms with E-state index in [2.05, 4.69) is 5.92 Å². The molecule has 0 fully saturated rings. The van der Waals surface area contributed by atoms with Crippen LogP contribution >= 0.6 is 0 Å². The zero-order valence-corrected chi connectivity index (χ0v) is 11.0. The maximum Gasteiger partial charge on any atom is 0.433 e. The highest BCUT2D eigenvalue weighted by atomic mass is 19.4. The second kappa shape index (κ2) is 5.14. The van der Waals surface area contributed by atoms with Gasteiger partial charge in [0.25, 0.3) is 0 Å². The van der Waals surface area contributed by atoms with Crippen LogP contribution in [0, 0.1) is 24.7 Å². The Morgan fingerprint density at radius 1 is 1.26 bits per heavy atom. The third kappa shape index (κ3) is 3.21. The molecule has 1 aromatic rings. The molecule has 19 heavy (non-hydrogen) atoms. The Morgan fingerprint density at radius 2 is 1.84 bits per heavy atom. The van der Waals surface area contributed by atoms with Crippen molar-refractivity contribution in [2.75, 3.05) is 5.73 Å². The summed E-state index contributed by atoms with van der Waals surface area (Å²) in [5, 5.41) is 9.99. The molecule has 0 bridgehead atoms. The Hall–Kier alpha value is -1.67. The Bertz CT molecular complexity index is 526. The van der Waals surface area contributed by atoms with Crippen LogP contribution in [0.4, 0.5) is 18.9 Å². The lowest BCUT2D eigenvalue weighted by atomic mass is 9.90. The predicted octanol–water partition coefficient (Wildman–Crippen LogP) is 2.99. The molecule has 3 N–H and O–H groups in total. The van der Waals surface area contributed by atoms with Crippen LogP contribution < -0.4 is 5.73 Å². The highest BCUT2D eigenvalue weighted by Crippen LogP contribution is 2.41. The summed E-state index contributed by atoms with van der Waals surface area (Å²) in [6, 6.07) is 4.11. The maximum absolute atomic E-state index is 13.1. The molecular weight excluding hydrogens is 255 g/mol. The molecule has 0 aliphatic heterocycles. The molecular formula is C14H16F3NO. The van der Waals surface area contributed by atoms with E-state index < -0.39 is 17.3 Å². The normalized spacial score (nSPS) is 14.7. The van der Waals surface area contributed by atoms with Gasteiger partial charge in [-0.3, -0.25) is 0 Å². The largest absolute Gasteiger partial charge is 0.433 e. The quantitative estimate of drug-likeness (QED) is 0.609. The summed E-state index contributed by atoms with van der Waals surface area (Å²) < 4.78 is 39.4. The van der Waals surface area contributed by atoms with Crippen molar-refractivity contribution in [1.82, 2.24) is 0 Å². The molecule has 104 valence electrons. The fraction of sp³-hybridized carbons (Fsp3) is 0.429. The first kappa shape index (κ1) is 15.4.